The number of carbonyl (C=O) groups is 1. The standard InChI is InChI=1S/C14H17F2NO/c1-2-10-3-5-11(6-4-10)9-17(12-7-8-12)14(18)13(15)16/h3-6,12-13H,2,7-9H2,1H3. The number of halogens is 2. The van der Waals surface area contributed by atoms with Crippen molar-refractivity contribution >= 4 is 5.91 Å². The van der Waals surface area contributed by atoms with Gasteiger partial charge in [0.25, 0.3) is 5.91 Å². The van der Waals surface area contributed by atoms with Crippen molar-refractivity contribution in [2.24, 2.45) is 0 Å². The first-order valence-corrected chi connectivity index (χ1v) is 6.28. The number of hydrogen-bond donors (Lipinski definition) is 0. The number of amides is 1. The fourth-order valence-electron chi connectivity index (χ4n) is 1.98. The van der Waals surface area contributed by atoms with Gasteiger partial charge in [-0.3, -0.25) is 4.79 Å². The van der Waals surface area contributed by atoms with E-state index in [1.807, 2.05) is 24.3 Å². The molecule has 1 aliphatic rings. The molecule has 1 saturated carbocycles. The molecule has 1 aliphatic carbocycles. The summed E-state index contributed by atoms with van der Waals surface area (Å²) in [6.07, 6.45) is -0.278. The molecule has 18 heavy (non-hydrogen) atoms. The zero-order chi connectivity index (χ0) is 13.1. The first kappa shape index (κ1) is 13.0. The van der Waals surface area contributed by atoms with Gasteiger partial charge in [0.1, 0.15) is 0 Å². The Kier molecular flexibility index (Phi) is 3.94. The number of aryl methyl sites for hydroxylation is 1. The highest BCUT2D eigenvalue weighted by Gasteiger charge is 2.35. The molecule has 0 N–H and O–H groups in total. The van der Waals surface area contributed by atoms with Crippen LogP contribution in [0.3, 0.4) is 0 Å². The molecule has 1 amide bonds. The molecular weight excluding hydrogens is 236 g/mol. The number of hydrogen-bond acceptors (Lipinski definition) is 1. The molecule has 1 fully saturated rings. The topological polar surface area (TPSA) is 20.3 Å². The van der Waals surface area contributed by atoms with Gasteiger partial charge in [0, 0.05) is 12.6 Å². The molecule has 0 heterocycles. The van der Waals surface area contributed by atoms with Crippen molar-refractivity contribution in [1.29, 1.82) is 0 Å². The second-order valence-electron chi connectivity index (χ2n) is 4.67. The first-order chi connectivity index (χ1) is 8.61. The Balaban J connectivity index is 2.06. The van der Waals surface area contributed by atoms with Crippen molar-refractivity contribution in [2.45, 2.75) is 45.2 Å². The highest BCUT2D eigenvalue weighted by atomic mass is 19.3. The lowest BCUT2D eigenvalue weighted by Gasteiger charge is -2.22. The Hall–Kier alpha value is -1.45. The molecule has 0 bridgehead atoms. The molecule has 2 rings (SSSR count). The van der Waals surface area contributed by atoms with Crippen molar-refractivity contribution < 1.29 is 13.6 Å². The lowest BCUT2D eigenvalue weighted by Crippen LogP contribution is -2.36. The van der Waals surface area contributed by atoms with Gasteiger partial charge in [0.2, 0.25) is 0 Å². The van der Waals surface area contributed by atoms with Crippen molar-refractivity contribution in [3.63, 3.8) is 0 Å². The Morgan fingerprint density at radius 1 is 1.28 bits per heavy atom. The molecule has 0 spiro atoms. The van der Waals surface area contributed by atoms with E-state index in [9.17, 15) is 13.6 Å². The van der Waals surface area contributed by atoms with Crippen LogP contribution in [-0.4, -0.2) is 23.3 Å². The average Bonchev–Trinajstić information content (AvgIpc) is 3.20. The summed E-state index contributed by atoms with van der Waals surface area (Å²) in [6, 6.07) is 7.79. The molecule has 0 atom stereocenters. The van der Waals surface area contributed by atoms with E-state index in [0.29, 0.717) is 0 Å². The van der Waals surface area contributed by atoms with E-state index in [1.165, 1.54) is 10.5 Å². The van der Waals surface area contributed by atoms with Crippen LogP contribution in [-0.2, 0) is 17.8 Å². The van der Waals surface area contributed by atoms with Gasteiger partial charge < -0.3 is 4.90 Å². The second-order valence-corrected chi connectivity index (χ2v) is 4.67. The smallest absolute Gasteiger partial charge is 0.315 e. The minimum Gasteiger partial charge on any atom is -0.330 e. The lowest BCUT2D eigenvalue weighted by molar-refractivity contribution is -0.144. The van der Waals surface area contributed by atoms with Gasteiger partial charge in [-0.15, -0.1) is 0 Å². The Labute approximate surface area is 106 Å². The average molecular weight is 253 g/mol. The van der Waals surface area contributed by atoms with Crippen molar-refractivity contribution in [3.05, 3.63) is 35.4 Å². The van der Waals surface area contributed by atoms with Crippen LogP contribution in [0, 0.1) is 0 Å². The van der Waals surface area contributed by atoms with Gasteiger partial charge in [-0.25, -0.2) is 0 Å². The highest BCUT2D eigenvalue weighted by Crippen LogP contribution is 2.29. The van der Waals surface area contributed by atoms with Crippen molar-refractivity contribution in [2.75, 3.05) is 0 Å². The number of benzene rings is 1. The third-order valence-electron chi connectivity index (χ3n) is 3.24. The molecule has 0 aliphatic heterocycles. The summed E-state index contributed by atoms with van der Waals surface area (Å²) in [5, 5.41) is 0. The number of nitrogens with zero attached hydrogens (tertiary/aromatic N) is 1. The molecule has 0 aromatic heterocycles. The van der Waals surface area contributed by atoms with Crippen LogP contribution in [0.4, 0.5) is 8.78 Å². The third kappa shape index (κ3) is 3.06. The number of carbonyl (C=O) groups excluding carboxylic acids is 1. The summed E-state index contributed by atoms with van der Waals surface area (Å²) in [5.74, 6) is -1.04. The van der Waals surface area contributed by atoms with E-state index in [2.05, 4.69) is 6.92 Å². The van der Waals surface area contributed by atoms with Crippen LogP contribution in [0.2, 0.25) is 0 Å². The van der Waals surface area contributed by atoms with E-state index < -0.39 is 12.3 Å². The molecule has 0 saturated heterocycles. The van der Waals surface area contributed by atoms with Crippen LogP contribution in [0.15, 0.2) is 24.3 Å². The highest BCUT2D eigenvalue weighted by molar-refractivity contribution is 5.80. The molecule has 0 radical (unpaired) electrons. The number of rotatable bonds is 5. The van der Waals surface area contributed by atoms with E-state index in [1.54, 1.807) is 0 Å². The summed E-state index contributed by atoms with van der Waals surface area (Å²) in [7, 11) is 0. The largest absolute Gasteiger partial charge is 0.330 e. The van der Waals surface area contributed by atoms with Crippen LogP contribution < -0.4 is 0 Å². The zero-order valence-electron chi connectivity index (χ0n) is 10.4. The maximum absolute atomic E-state index is 12.5. The first-order valence-electron chi connectivity index (χ1n) is 6.28. The van der Waals surface area contributed by atoms with Gasteiger partial charge in [0.15, 0.2) is 0 Å². The lowest BCUT2D eigenvalue weighted by atomic mass is 10.1. The summed E-state index contributed by atoms with van der Waals surface area (Å²) in [5.41, 5.74) is 2.12. The maximum atomic E-state index is 12.5. The van der Waals surface area contributed by atoms with Gasteiger partial charge >= 0.3 is 6.43 Å². The monoisotopic (exact) mass is 253 g/mol. The van der Waals surface area contributed by atoms with Gasteiger partial charge in [-0.2, -0.15) is 8.78 Å². The van der Waals surface area contributed by atoms with Crippen LogP contribution in [0.1, 0.15) is 30.9 Å². The maximum Gasteiger partial charge on any atom is 0.315 e. The number of alkyl halides is 2. The van der Waals surface area contributed by atoms with Gasteiger partial charge in [0.05, 0.1) is 0 Å². The van der Waals surface area contributed by atoms with Crippen LogP contribution in [0.5, 0.6) is 0 Å². The van der Waals surface area contributed by atoms with Crippen molar-refractivity contribution in [3.8, 4) is 0 Å². The quantitative estimate of drug-likeness (QED) is 0.790. The Bertz CT molecular complexity index is 412. The predicted octanol–water partition coefficient (Wildman–Crippen LogP) is 3.01. The van der Waals surface area contributed by atoms with Crippen LogP contribution >= 0.6 is 0 Å². The van der Waals surface area contributed by atoms with Crippen molar-refractivity contribution in [1.82, 2.24) is 4.90 Å². The summed E-state index contributed by atoms with van der Waals surface area (Å²) >= 11 is 0. The van der Waals surface area contributed by atoms with Gasteiger partial charge in [-0.05, 0) is 30.4 Å². The Morgan fingerprint density at radius 3 is 2.28 bits per heavy atom. The molecule has 0 unspecified atom stereocenters. The van der Waals surface area contributed by atoms with E-state index >= 15 is 0 Å². The minimum atomic E-state index is -2.90. The van der Waals surface area contributed by atoms with E-state index in [4.69, 9.17) is 0 Å². The Morgan fingerprint density at radius 2 is 1.83 bits per heavy atom. The fourth-order valence-corrected chi connectivity index (χ4v) is 1.98. The summed E-state index contributed by atoms with van der Waals surface area (Å²) in [4.78, 5) is 12.7. The second kappa shape index (κ2) is 5.46. The molecule has 1 aromatic rings. The molecule has 1 aromatic carbocycles. The fraction of sp³-hybridized carbons (Fsp3) is 0.500. The molecule has 4 heteroatoms. The van der Waals surface area contributed by atoms with Crippen LogP contribution in [0.25, 0.3) is 0 Å². The predicted molar refractivity (Wildman–Crippen MR) is 65.4 cm³/mol. The SMILES string of the molecule is CCc1ccc(CN(C(=O)C(F)F)C2CC2)cc1. The normalized spacial score (nSPS) is 14.9. The van der Waals surface area contributed by atoms with E-state index in [0.717, 1.165) is 24.8 Å². The third-order valence-corrected chi connectivity index (χ3v) is 3.24. The molecule has 2 nitrogen and oxygen atoms in total. The van der Waals surface area contributed by atoms with Gasteiger partial charge in [-0.1, -0.05) is 31.2 Å². The summed E-state index contributed by atoms with van der Waals surface area (Å²) < 4.78 is 25.0. The molecular formula is C14H17F2NO. The minimum absolute atomic E-state index is 0.0114. The summed E-state index contributed by atoms with van der Waals surface area (Å²) in [6.45, 7) is 2.35. The molecule has 98 valence electrons. The zero-order valence-corrected chi connectivity index (χ0v) is 10.4. The van der Waals surface area contributed by atoms with E-state index in [-0.39, 0.29) is 12.6 Å².